The summed E-state index contributed by atoms with van der Waals surface area (Å²) in [6, 6.07) is 3.98. The molecule has 1 fully saturated rings. The molecule has 2 aliphatic rings. The first kappa shape index (κ1) is 24.3. The lowest BCUT2D eigenvalue weighted by Gasteiger charge is -2.33. The van der Waals surface area contributed by atoms with E-state index in [9.17, 15) is 14.3 Å². The fourth-order valence-electron chi connectivity index (χ4n) is 5.31. The molecule has 0 radical (unpaired) electrons. The number of carbonyl (C=O) groups is 1. The van der Waals surface area contributed by atoms with Crippen molar-refractivity contribution in [2.45, 2.75) is 44.4 Å². The number of fused-ring (bicyclic) bond motifs is 1. The third-order valence-electron chi connectivity index (χ3n) is 7.01. The van der Waals surface area contributed by atoms with Crippen molar-refractivity contribution >= 4 is 23.1 Å². The van der Waals surface area contributed by atoms with E-state index in [1.54, 1.807) is 11.0 Å². The SMILES string of the molecule is C[C@@H](O)c1nccc(-c2cnc([C@@H]3CC[C@@H]4CC(c5c(-n6cnnn6)ccc(Cl)c5F)=CC(=O)N43)[nH]2)c1F. The average Bonchev–Trinajstić information content (AvgIpc) is 3.66. The third kappa shape index (κ3) is 3.96. The Morgan fingerprint density at radius 3 is 2.79 bits per heavy atom. The Bertz CT molecular complexity index is 1570. The zero-order chi connectivity index (χ0) is 26.6. The Labute approximate surface area is 220 Å². The minimum absolute atomic E-state index is 0.0576. The van der Waals surface area contributed by atoms with Gasteiger partial charge in [-0.05, 0) is 60.4 Å². The topological polar surface area (TPSA) is 126 Å². The molecule has 13 heteroatoms. The van der Waals surface area contributed by atoms with Crippen LogP contribution in [0.25, 0.3) is 22.5 Å². The van der Waals surface area contributed by atoms with Crippen molar-refractivity contribution in [1.29, 1.82) is 0 Å². The number of amides is 1. The largest absolute Gasteiger partial charge is 0.387 e. The molecule has 6 rings (SSSR count). The summed E-state index contributed by atoms with van der Waals surface area (Å²) in [5, 5.41) is 20.8. The maximum atomic E-state index is 15.3. The highest BCUT2D eigenvalue weighted by Crippen LogP contribution is 2.44. The van der Waals surface area contributed by atoms with Crippen molar-refractivity contribution in [3.8, 4) is 16.9 Å². The Morgan fingerprint density at radius 1 is 1.18 bits per heavy atom. The molecule has 0 unspecified atom stereocenters. The summed E-state index contributed by atoms with van der Waals surface area (Å²) in [6.07, 6.45) is 6.32. The molecule has 1 saturated heterocycles. The van der Waals surface area contributed by atoms with E-state index in [4.69, 9.17) is 11.6 Å². The van der Waals surface area contributed by atoms with Crippen LogP contribution in [0.5, 0.6) is 0 Å². The van der Waals surface area contributed by atoms with Gasteiger partial charge in [-0.15, -0.1) is 5.10 Å². The minimum Gasteiger partial charge on any atom is -0.387 e. The van der Waals surface area contributed by atoms with E-state index in [1.807, 2.05) is 0 Å². The highest BCUT2D eigenvalue weighted by Gasteiger charge is 2.42. The molecular weight excluding hydrogens is 518 g/mol. The van der Waals surface area contributed by atoms with Crippen molar-refractivity contribution in [1.82, 2.24) is 40.1 Å². The second-order valence-corrected chi connectivity index (χ2v) is 9.70. The van der Waals surface area contributed by atoms with Gasteiger partial charge < -0.3 is 15.0 Å². The van der Waals surface area contributed by atoms with E-state index in [0.29, 0.717) is 42.0 Å². The predicted molar refractivity (Wildman–Crippen MR) is 132 cm³/mol. The van der Waals surface area contributed by atoms with Crippen LogP contribution < -0.4 is 0 Å². The quantitative estimate of drug-likeness (QED) is 0.394. The molecule has 38 heavy (non-hydrogen) atoms. The number of benzene rings is 1. The number of tetrazole rings is 1. The summed E-state index contributed by atoms with van der Waals surface area (Å²) >= 11 is 6.09. The van der Waals surface area contributed by atoms with Gasteiger partial charge in [0, 0.05) is 29.4 Å². The predicted octanol–water partition coefficient (Wildman–Crippen LogP) is 3.95. The summed E-state index contributed by atoms with van der Waals surface area (Å²) in [5.74, 6) is -1.05. The van der Waals surface area contributed by atoms with Gasteiger partial charge in [-0.25, -0.2) is 13.8 Å². The number of aromatic amines is 1. The Morgan fingerprint density at radius 2 is 2.03 bits per heavy atom. The molecule has 3 aromatic heterocycles. The molecule has 0 spiro atoms. The van der Waals surface area contributed by atoms with Crippen LogP contribution in [0.1, 0.15) is 55.4 Å². The normalized spacial score (nSPS) is 20.0. The number of halogens is 3. The second kappa shape index (κ2) is 9.37. The lowest BCUT2D eigenvalue weighted by Crippen LogP contribution is -2.39. The Kier molecular flexibility index (Phi) is 6.00. The fourth-order valence-corrected chi connectivity index (χ4v) is 5.46. The van der Waals surface area contributed by atoms with Crippen molar-refractivity contribution in [2.75, 3.05) is 0 Å². The lowest BCUT2D eigenvalue weighted by atomic mass is 9.92. The first-order valence-electron chi connectivity index (χ1n) is 12.0. The number of aliphatic hydroxyl groups excluding tert-OH is 1. The molecule has 1 aromatic carbocycles. The molecule has 0 bridgehead atoms. The van der Waals surface area contributed by atoms with E-state index >= 15 is 4.39 Å². The molecule has 4 aromatic rings. The van der Waals surface area contributed by atoms with Gasteiger partial charge in [-0.2, -0.15) is 4.68 Å². The third-order valence-corrected chi connectivity index (χ3v) is 7.31. The van der Waals surface area contributed by atoms with Gasteiger partial charge in [-0.1, -0.05) is 11.6 Å². The van der Waals surface area contributed by atoms with Gasteiger partial charge in [-0.3, -0.25) is 9.78 Å². The standard InChI is InChI=1S/C25H21ClF2N8O2/c1-12(37)24-22(27)15(6-7-29-24)17-10-30-25(32-17)19-4-2-14-8-13(9-20(38)36(14)19)21-18(35-11-31-33-34-35)5-3-16(26)23(21)28/h3,5-7,9-12,14,19,37H,2,4,8H2,1H3,(H,30,32)/t12-,14-,19+/m1/s1. The zero-order valence-corrected chi connectivity index (χ0v) is 20.8. The smallest absolute Gasteiger partial charge is 0.247 e. The number of H-pyrrole nitrogens is 1. The molecule has 194 valence electrons. The molecular formula is C25H21ClF2N8O2. The van der Waals surface area contributed by atoms with Crippen molar-refractivity contribution in [3.63, 3.8) is 0 Å². The number of pyridine rings is 1. The maximum Gasteiger partial charge on any atom is 0.247 e. The number of imidazole rings is 1. The summed E-state index contributed by atoms with van der Waals surface area (Å²) in [5.41, 5.74) is 1.65. The molecule has 3 atom stereocenters. The van der Waals surface area contributed by atoms with Crippen LogP contribution in [-0.2, 0) is 4.79 Å². The molecule has 10 nitrogen and oxygen atoms in total. The van der Waals surface area contributed by atoms with E-state index in [0.717, 1.165) is 0 Å². The van der Waals surface area contributed by atoms with E-state index in [-0.39, 0.29) is 39.8 Å². The number of aromatic nitrogens is 7. The number of hydrogen-bond acceptors (Lipinski definition) is 7. The molecule has 5 heterocycles. The Balaban J connectivity index is 1.32. The lowest BCUT2D eigenvalue weighted by molar-refractivity contribution is -0.129. The number of hydrogen-bond donors (Lipinski definition) is 2. The average molecular weight is 539 g/mol. The van der Waals surface area contributed by atoms with E-state index in [1.165, 1.54) is 48.5 Å². The van der Waals surface area contributed by atoms with Gasteiger partial charge in [0.05, 0.1) is 34.7 Å². The minimum atomic E-state index is -1.06. The summed E-state index contributed by atoms with van der Waals surface area (Å²) < 4.78 is 31.5. The van der Waals surface area contributed by atoms with Gasteiger partial charge >= 0.3 is 0 Å². The van der Waals surface area contributed by atoms with Crippen LogP contribution in [0.4, 0.5) is 8.78 Å². The first-order chi connectivity index (χ1) is 18.3. The van der Waals surface area contributed by atoms with Gasteiger partial charge in [0.15, 0.2) is 11.6 Å². The summed E-state index contributed by atoms with van der Waals surface area (Å²) in [4.78, 5) is 26.6. The number of carbonyl (C=O) groups excluding carboxylic acids is 1. The van der Waals surface area contributed by atoms with Crippen molar-refractivity contribution < 1.29 is 18.7 Å². The van der Waals surface area contributed by atoms with Gasteiger partial charge in [0.1, 0.15) is 17.8 Å². The van der Waals surface area contributed by atoms with Crippen LogP contribution in [0.2, 0.25) is 5.02 Å². The molecule has 0 saturated carbocycles. The van der Waals surface area contributed by atoms with Crippen LogP contribution in [0.3, 0.4) is 0 Å². The number of rotatable bonds is 5. The highest BCUT2D eigenvalue weighted by molar-refractivity contribution is 6.31. The first-order valence-corrected chi connectivity index (χ1v) is 12.3. The number of nitrogens with zero attached hydrogens (tertiary/aromatic N) is 7. The molecule has 2 aliphatic heterocycles. The van der Waals surface area contributed by atoms with Crippen LogP contribution in [0.15, 0.2) is 43.0 Å². The second-order valence-electron chi connectivity index (χ2n) is 9.29. The number of nitrogens with one attached hydrogen (secondary N) is 1. The monoisotopic (exact) mass is 538 g/mol. The summed E-state index contributed by atoms with van der Waals surface area (Å²) in [7, 11) is 0. The van der Waals surface area contributed by atoms with Crippen molar-refractivity contribution in [3.05, 3.63) is 76.7 Å². The zero-order valence-electron chi connectivity index (χ0n) is 20.0. The highest BCUT2D eigenvalue weighted by atomic mass is 35.5. The molecule has 0 aliphatic carbocycles. The Hall–Kier alpha value is -4.03. The van der Waals surface area contributed by atoms with Crippen LogP contribution >= 0.6 is 11.6 Å². The van der Waals surface area contributed by atoms with E-state index in [2.05, 4.69) is 30.5 Å². The number of aliphatic hydroxyl groups is 1. The van der Waals surface area contributed by atoms with Crippen molar-refractivity contribution in [2.24, 2.45) is 0 Å². The van der Waals surface area contributed by atoms with Gasteiger partial charge in [0.2, 0.25) is 5.91 Å². The maximum absolute atomic E-state index is 15.3. The van der Waals surface area contributed by atoms with Crippen LogP contribution in [-0.4, -0.2) is 57.1 Å². The molecule has 2 N–H and O–H groups in total. The fraction of sp³-hybridized carbons (Fsp3) is 0.280. The molecule has 1 amide bonds. The van der Waals surface area contributed by atoms with Crippen LogP contribution in [0, 0.1) is 11.6 Å². The van der Waals surface area contributed by atoms with E-state index < -0.39 is 17.7 Å². The van der Waals surface area contributed by atoms with Gasteiger partial charge in [0.25, 0.3) is 0 Å². The summed E-state index contributed by atoms with van der Waals surface area (Å²) in [6.45, 7) is 1.44.